The molecule has 0 unspecified atom stereocenters. The van der Waals surface area contributed by atoms with Crippen LogP contribution in [0.3, 0.4) is 0 Å². The third-order valence-electron chi connectivity index (χ3n) is 0. The van der Waals surface area contributed by atoms with E-state index in [-0.39, 0.29) is 12.4 Å². The molecule has 0 aliphatic carbocycles. The van der Waals surface area contributed by atoms with Gasteiger partial charge in [0.25, 0.3) is 0 Å². The van der Waals surface area contributed by atoms with Gasteiger partial charge in [-0.1, -0.05) is 0 Å². The largest absolute Gasteiger partial charge is 0.166 e. The lowest BCUT2D eigenvalue weighted by Gasteiger charge is -1.46. The van der Waals surface area contributed by atoms with Gasteiger partial charge >= 0.3 is 0 Å². The zero-order valence-electron chi connectivity index (χ0n) is 1.57. The molecule has 0 fully saturated rings. The first-order valence-electron chi connectivity index (χ1n) is 0.309. The Kier molecular flexibility index (Phi) is 20.3. The van der Waals surface area contributed by atoms with Gasteiger partial charge in [0, 0.05) is 0 Å². The topological polar surface area (TPSA) is 9.23 Å². The number of hydrogen-bond donors (Lipinski definition) is 0. The highest BCUT2D eigenvalue weighted by Crippen LogP contribution is 1.78. The van der Waals surface area contributed by atoms with Gasteiger partial charge in [0.1, 0.15) is 0 Å². The van der Waals surface area contributed by atoms with Gasteiger partial charge in [0.2, 0.25) is 0 Å². The predicted molar refractivity (Wildman–Crippen MR) is 20.0 cm³/mol. The minimum Gasteiger partial charge on any atom is -0.166 e. The standard InChI is InChI=1S/Cl2O.ClH/c1-3-2;/h;1H. The summed E-state index contributed by atoms with van der Waals surface area (Å²) in [4.78, 5) is 0. The predicted octanol–water partition coefficient (Wildman–Crippen LogP) is 1.73. The molecule has 0 heterocycles. The third-order valence-corrected chi connectivity index (χ3v) is 0. The van der Waals surface area contributed by atoms with Gasteiger partial charge in [-0.25, -0.2) is 0 Å². The minimum absolute atomic E-state index is 0. The number of hydrogen-bond acceptors (Lipinski definition) is 1. The Morgan fingerprint density at radius 2 is 1.25 bits per heavy atom. The summed E-state index contributed by atoms with van der Waals surface area (Å²) < 4.78 is 3.19. The van der Waals surface area contributed by atoms with Crippen LogP contribution in [0.25, 0.3) is 0 Å². The van der Waals surface area contributed by atoms with Crippen LogP contribution in [0.5, 0.6) is 0 Å². The van der Waals surface area contributed by atoms with E-state index in [4.69, 9.17) is 0 Å². The summed E-state index contributed by atoms with van der Waals surface area (Å²) in [6.07, 6.45) is 0. The van der Waals surface area contributed by atoms with Gasteiger partial charge in [-0.15, -0.1) is 12.4 Å². The summed E-state index contributed by atoms with van der Waals surface area (Å²) in [6.45, 7) is 0. The van der Waals surface area contributed by atoms with E-state index in [0.717, 1.165) is 0 Å². The molecule has 0 aliphatic rings. The van der Waals surface area contributed by atoms with Crippen LogP contribution in [0.15, 0.2) is 0 Å². The van der Waals surface area contributed by atoms with Gasteiger partial charge in [0.15, 0.2) is 0 Å². The molecule has 0 radical (unpaired) electrons. The Bertz CT molecular complexity index is 3.25. The van der Waals surface area contributed by atoms with E-state index < -0.39 is 0 Å². The highest BCUT2D eigenvalue weighted by Gasteiger charge is 1.38. The van der Waals surface area contributed by atoms with Crippen molar-refractivity contribution in [3.63, 3.8) is 0 Å². The molecule has 28 valence electrons. The Labute approximate surface area is 40.6 Å². The van der Waals surface area contributed by atoms with E-state index in [1.54, 1.807) is 0 Å². The van der Waals surface area contributed by atoms with Gasteiger partial charge < -0.3 is 0 Å². The average Bonchev–Trinajstić information content (AvgIpc) is 0.918. The van der Waals surface area contributed by atoms with Crippen LogP contribution < -0.4 is 0 Å². The molecule has 0 N–H and O–H groups in total. The van der Waals surface area contributed by atoms with E-state index in [1.165, 1.54) is 0 Å². The monoisotopic (exact) mass is 122 g/mol. The molecule has 0 amide bonds. The zero-order valence-corrected chi connectivity index (χ0v) is 3.90. The highest BCUT2D eigenvalue weighted by molar-refractivity contribution is 6.24. The molecule has 0 aliphatic heterocycles. The van der Waals surface area contributed by atoms with Crippen molar-refractivity contribution < 1.29 is 3.84 Å². The van der Waals surface area contributed by atoms with E-state index in [9.17, 15) is 0 Å². The molecule has 0 spiro atoms. The molecule has 0 rings (SSSR count). The van der Waals surface area contributed by atoms with E-state index >= 15 is 0 Å². The van der Waals surface area contributed by atoms with E-state index in [0.29, 0.717) is 0 Å². The maximum Gasteiger partial charge on any atom is 0.0832 e. The van der Waals surface area contributed by atoms with Crippen LogP contribution >= 0.6 is 36.1 Å². The third kappa shape index (κ3) is 13.8. The highest BCUT2D eigenvalue weighted by atomic mass is 35.6. The molecule has 1 nitrogen and oxygen atoms in total. The molecule has 0 aromatic heterocycles. The molecule has 0 atom stereocenters. The second-order valence-corrected chi connectivity index (χ2v) is 0.525. The van der Waals surface area contributed by atoms with Crippen molar-refractivity contribution in [3.05, 3.63) is 0 Å². The minimum atomic E-state index is 0. The molecule has 0 aromatic carbocycles. The van der Waals surface area contributed by atoms with Crippen molar-refractivity contribution in [1.82, 2.24) is 0 Å². The second kappa shape index (κ2) is 9.16. The molecular formula is HCl3O. The fourth-order valence-electron chi connectivity index (χ4n) is 0. The quantitative estimate of drug-likeness (QED) is 0.477. The van der Waals surface area contributed by atoms with Crippen LogP contribution in [-0.4, -0.2) is 0 Å². The van der Waals surface area contributed by atoms with Gasteiger partial charge in [0.05, 0.1) is 23.7 Å². The molecule has 0 aromatic rings. The Hall–Kier alpha value is 0.830. The fourth-order valence-corrected chi connectivity index (χ4v) is 0. The van der Waals surface area contributed by atoms with Crippen molar-refractivity contribution in [2.24, 2.45) is 0 Å². The van der Waals surface area contributed by atoms with Crippen LogP contribution in [0, 0.1) is 0 Å². The van der Waals surface area contributed by atoms with Crippen molar-refractivity contribution >= 4 is 36.1 Å². The van der Waals surface area contributed by atoms with Crippen molar-refractivity contribution in [2.45, 2.75) is 0 Å². The zero-order chi connectivity index (χ0) is 2.71. The van der Waals surface area contributed by atoms with E-state index in [1.807, 2.05) is 0 Å². The first-order chi connectivity index (χ1) is 1.41. The maximum atomic E-state index is 4.26. The molecule has 0 saturated heterocycles. The average molecular weight is 123 g/mol. The number of rotatable bonds is 0. The Morgan fingerprint density at radius 3 is 1.25 bits per heavy atom. The first kappa shape index (κ1) is 8.85. The van der Waals surface area contributed by atoms with Crippen LogP contribution in [0.2, 0.25) is 0 Å². The van der Waals surface area contributed by atoms with Crippen molar-refractivity contribution in [2.75, 3.05) is 0 Å². The second-order valence-electron chi connectivity index (χ2n) is 0.0583. The Morgan fingerprint density at radius 1 is 1.25 bits per heavy atom. The van der Waals surface area contributed by atoms with Crippen molar-refractivity contribution in [3.8, 4) is 0 Å². The maximum absolute atomic E-state index is 4.26. The first-order valence-corrected chi connectivity index (χ1v) is 0.926. The Balaban J connectivity index is 0. The summed E-state index contributed by atoms with van der Waals surface area (Å²) in [5.74, 6) is 0. The lowest BCUT2D eigenvalue weighted by molar-refractivity contribution is 0.697. The SMILES string of the molecule is Cl.ClOCl. The molecule has 4 heavy (non-hydrogen) atoms. The summed E-state index contributed by atoms with van der Waals surface area (Å²) >= 11 is 8.53. The normalized spacial score (nSPS) is 4.50. The number of halogens is 3. The lowest BCUT2D eigenvalue weighted by atomic mass is 15.9. The molecule has 0 bridgehead atoms. The van der Waals surface area contributed by atoms with Crippen molar-refractivity contribution in [1.29, 1.82) is 0 Å². The van der Waals surface area contributed by atoms with Gasteiger partial charge in [-0.05, 0) is 0 Å². The smallest absolute Gasteiger partial charge is 0.0832 e. The lowest BCUT2D eigenvalue weighted by Crippen LogP contribution is -1.15. The molecular weight excluding hydrogens is 122 g/mol. The molecule has 4 heteroatoms. The van der Waals surface area contributed by atoms with Crippen LogP contribution in [0.4, 0.5) is 0 Å². The van der Waals surface area contributed by atoms with E-state index in [2.05, 4.69) is 27.6 Å². The fraction of sp³-hybridized carbons (Fsp3) is 0. The summed E-state index contributed by atoms with van der Waals surface area (Å²) in [5, 5.41) is 0. The van der Waals surface area contributed by atoms with Gasteiger partial charge in [-0.2, -0.15) is 3.84 Å². The van der Waals surface area contributed by atoms with Gasteiger partial charge in [-0.3, -0.25) is 0 Å². The summed E-state index contributed by atoms with van der Waals surface area (Å²) in [6, 6.07) is 0. The molecule has 0 saturated carbocycles. The summed E-state index contributed by atoms with van der Waals surface area (Å²) in [7, 11) is 0. The van der Waals surface area contributed by atoms with Crippen LogP contribution in [-0.2, 0) is 3.84 Å². The summed E-state index contributed by atoms with van der Waals surface area (Å²) in [5.41, 5.74) is 0. The van der Waals surface area contributed by atoms with Crippen LogP contribution in [0.1, 0.15) is 0 Å².